The van der Waals surface area contributed by atoms with Crippen molar-refractivity contribution in [1.82, 2.24) is 0 Å². The molecule has 1 amide bonds. The Kier molecular flexibility index (Phi) is 3.54. The SMILES string of the molecule is Nc1ccc(Br)cc1N1CC(CBr)CC1=O. The molecule has 1 unspecified atom stereocenters. The number of rotatable bonds is 2. The average Bonchev–Trinajstić information content (AvgIpc) is 2.63. The van der Waals surface area contributed by atoms with Gasteiger partial charge in [-0.3, -0.25) is 4.79 Å². The van der Waals surface area contributed by atoms with E-state index in [-0.39, 0.29) is 5.91 Å². The highest BCUT2D eigenvalue weighted by molar-refractivity contribution is 9.10. The molecule has 16 heavy (non-hydrogen) atoms. The third-order valence-electron chi connectivity index (χ3n) is 2.71. The zero-order valence-electron chi connectivity index (χ0n) is 8.62. The fourth-order valence-corrected chi connectivity index (χ4v) is 2.65. The van der Waals surface area contributed by atoms with Gasteiger partial charge in [0, 0.05) is 22.8 Å². The van der Waals surface area contributed by atoms with Gasteiger partial charge in [0.25, 0.3) is 0 Å². The van der Waals surface area contributed by atoms with Crippen LogP contribution in [0.15, 0.2) is 22.7 Å². The number of hydrogen-bond acceptors (Lipinski definition) is 2. The molecule has 3 nitrogen and oxygen atoms in total. The van der Waals surface area contributed by atoms with Crippen LogP contribution >= 0.6 is 31.9 Å². The molecule has 1 aliphatic heterocycles. The summed E-state index contributed by atoms with van der Waals surface area (Å²) in [6.07, 6.45) is 0.594. The number of nitrogens with zero attached hydrogens (tertiary/aromatic N) is 1. The van der Waals surface area contributed by atoms with Gasteiger partial charge < -0.3 is 10.6 Å². The first-order valence-electron chi connectivity index (χ1n) is 5.03. The van der Waals surface area contributed by atoms with E-state index in [2.05, 4.69) is 31.9 Å². The second-order valence-electron chi connectivity index (χ2n) is 3.93. The average molecular weight is 348 g/mol. The number of halogens is 2. The smallest absolute Gasteiger partial charge is 0.227 e. The van der Waals surface area contributed by atoms with E-state index in [1.54, 1.807) is 4.90 Å². The summed E-state index contributed by atoms with van der Waals surface area (Å²) in [4.78, 5) is 13.6. The summed E-state index contributed by atoms with van der Waals surface area (Å²) in [5, 5.41) is 0.850. The number of carbonyl (C=O) groups is 1. The van der Waals surface area contributed by atoms with Crippen molar-refractivity contribution in [1.29, 1.82) is 0 Å². The largest absolute Gasteiger partial charge is 0.397 e. The summed E-state index contributed by atoms with van der Waals surface area (Å²) in [7, 11) is 0. The van der Waals surface area contributed by atoms with E-state index in [1.807, 2.05) is 18.2 Å². The second kappa shape index (κ2) is 4.75. The lowest BCUT2D eigenvalue weighted by molar-refractivity contribution is -0.117. The standard InChI is InChI=1S/C11H12Br2N2O/c12-5-7-3-11(16)15(6-7)10-4-8(13)1-2-9(10)14/h1-2,4,7H,3,5-6,14H2. The lowest BCUT2D eigenvalue weighted by Crippen LogP contribution is -2.25. The Hall–Kier alpha value is -0.550. The Labute approximate surface area is 111 Å². The van der Waals surface area contributed by atoms with Gasteiger partial charge in [0.05, 0.1) is 11.4 Å². The zero-order valence-corrected chi connectivity index (χ0v) is 11.8. The van der Waals surface area contributed by atoms with Crippen molar-refractivity contribution in [2.75, 3.05) is 22.5 Å². The van der Waals surface area contributed by atoms with Crippen LogP contribution in [0, 0.1) is 5.92 Å². The number of nitrogen functional groups attached to an aromatic ring is 1. The molecule has 2 N–H and O–H groups in total. The molecule has 1 aromatic carbocycles. The van der Waals surface area contributed by atoms with Gasteiger partial charge in [0.15, 0.2) is 0 Å². The number of hydrogen-bond donors (Lipinski definition) is 1. The van der Waals surface area contributed by atoms with Crippen molar-refractivity contribution in [2.45, 2.75) is 6.42 Å². The molecule has 1 saturated heterocycles. The monoisotopic (exact) mass is 346 g/mol. The number of nitrogens with two attached hydrogens (primary N) is 1. The molecular formula is C11H12Br2N2O. The molecule has 0 spiro atoms. The molecule has 0 bridgehead atoms. The molecule has 1 fully saturated rings. The Morgan fingerprint density at radius 2 is 2.25 bits per heavy atom. The Morgan fingerprint density at radius 1 is 1.50 bits per heavy atom. The van der Waals surface area contributed by atoms with Gasteiger partial charge in [-0.25, -0.2) is 0 Å². The maximum Gasteiger partial charge on any atom is 0.227 e. The molecule has 86 valence electrons. The number of amides is 1. The fraction of sp³-hybridized carbons (Fsp3) is 0.364. The first kappa shape index (κ1) is 11.9. The Balaban J connectivity index is 2.30. The number of carbonyl (C=O) groups excluding carboxylic acids is 1. The summed E-state index contributed by atoms with van der Waals surface area (Å²) >= 11 is 6.81. The zero-order chi connectivity index (χ0) is 11.7. The van der Waals surface area contributed by atoms with Crippen molar-refractivity contribution < 1.29 is 4.79 Å². The molecule has 1 aromatic rings. The van der Waals surface area contributed by atoms with Gasteiger partial charge in [-0.05, 0) is 24.1 Å². The second-order valence-corrected chi connectivity index (χ2v) is 5.50. The van der Waals surface area contributed by atoms with Crippen LogP contribution in [0.4, 0.5) is 11.4 Å². The van der Waals surface area contributed by atoms with Gasteiger partial charge in [-0.1, -0.05) is 31.9 Å². The van der Waals surface area contributed by atoms with E-state index >= 15 is 0 Å². The maximum absolute atomic E-state index is 11.8. The molecule has 1 aliphatic rings. The highest BCUT2D eigenvalue weighted by atomic mass is 79.9. The first-order chi connectivity index (χ1) is 7.61. The molecule has 1 atom stereocenters. The normalized spacial score (nSPS) is 20.5. The lowest BCUT2D eigenvalue weighted by Gasteiger charge is -2.18. The summed E-state index contributed by atoms with van der Waals surface area (Å²) in [5.74, 6) is 0.528. The van der Waals surface area contributed by atoms with Gasteiger partial charge in [0.1, 0.15) is 0 Å². The van der Waals surface area contributed by atoms with Gasteiger partial charge in [-0.15, -0.1) is 0 Å². The van der Waals surface area contributed by atoms with Crippen LogP contribution in [0.1, 0.15) is 6.42 Å². The van der Waals surface area contributed by atoms with Gasteiger partial charge >= 0.3 is 0 Å². The van der Waals surface area contributed by atoms with Crippen LogP contribution in [0.5, 0.6) is 0 Å². The van der Waals surface area contributed by atoms with Crippen LogP contribution in [0.25, 0.3) is 0 Å². The topological polar surface area (TPSA) is 46.3 Å². The van der Waals surface area contributed by atoms with Crippen LogP contribution < -0.4 is 10.6 Å². The van der Waals surface area contributed by atoms with Crippen molar-refractivity contribution in [3.63, 3.8) is 0 Å². The summed E-state index contributed by atoms with van der Waals surface area (Å²) in [5.41, 5.74) is 7.35. The van der Waals surface area contributed by atoms with Crippen molar-refractivity contribution in [3.8, 4) is 0 Å². The molecular weight excluding hydrogens is 336 g/mol. The molecule has 1 heterocycles. The predicted octanol–water partition coefficient (Wildman–Crippen LogP) is 2.78. The number of benzene rings is 1. The minimum atomic E-state index is 0.147. The van der Waals surface area contributed by atoms with Crippen LogP contribution in [-0.4, -0.2) is 17.8 Å². The number of anilines is 2. The van der Waals surface area contributed by atoms with Crippen LogP contribution in [-0.2, 0) is 4.79 Å². The Bertz CT molecular complexity index is 422. The first-order valence-corrected chi connectivity index (χ1v) is 6.94. The van der Waals surface area contributed by atoms with Gasteiger partial charge in [0.2, 0.25) is 5.91 Å². The fourth-order valence-electron chi connectivity index (χ4n) is 1.87. The molecule has 5 heteroatoms. The van der Waals surface area contributed by atoms with E-state index < -0.39 is 0 Å². The maximum atomic E-state index is 11.8. The third kappa shape index (κ3) is 2.25. The summed E-state index contributed by atoms with van der Waals surface area (Å²) < 4.78 is 0.937. The molecule has 0 radical (unpaired) electrons. The molecule has 0 aromatic heterocycles. The summed E-state index contributed by atoms with van der Waals surface area (Å²) in [6.45, 7) is 0.741. The predicted molar refractivity (Wildman–Crippen MR) is 72.8 cm³/mol. The van der Waals surface area contributed by atoms with E-state index in [1.165, 1.54) is 0 Å². The minimum Gasteiger partial charge on any atom is -0.397 e. The van der Waals surface area contributed by atoms with E-state index in [9.17, 15) is 4.79 Å². The Morgan fingerprint density at radius 3 is 2.88 bits per heavy atom. The van der Waals surface area contributed by atoms with Crippen molar-refractivity contribution in [3.05, 3.63) is 22.7 Å². The molecule has 0 aliphatic carbocycles. The van der Waals surface area contributed by atoms with E-state index in [0.717, 1.165) is 22.0 Å². The van der Waals surface area contributed by atoms with Gasteiger partial charge in [-0.2, -0.15) is 0 Å². The number of alkyl halides is 1. The van der Waals surface area contributed by atoms with Crippen molar-refractivity contribution >= 4 is 49.1 Å². The van der Waals surface area contributed by atoms with E-state index in [4.69, 9.17) is 5.73 Å². The highest BCUT2D eigenvalue weighted by Crippen LogP contribution is 2.32. The third-order valence-corrected chi connectivity index (χ3v) is 4.12. The van der Waals surface area contributed by atoms with E-state index in [0.29, 0.717) is 18.0 Å². The summed E-state index contributed by atoms with van der Waals surface area (Å²) in [6, 6.07) is 5.58. The lowest BCUT2D eigenvalue weighted by atomic mass is 10.2. The molecule has 0 saturated carbocycles. The molecule has 2 rings (SSSR count). The van der Waals surface area contributed by atoms with Crippen LogP contribution in [0.3, 0.4) is 0 Å². The van der Waals surface area contributed by atoms with Crippen molar-refractivity contribution in [2.24, 2.45) is 5.92 Å². The quantitative estimate of drug-likeness (QED) is 0.660. The minimum absolute atomic E-state index is 0.147. The highest BCUT2D eigenvalue weighted by Gasteiger charge is 2.30. The van der Waals surface area contributed by atoms with Crippen LogP contribution in [0.2, 0.25) is 0 Å².